The number of hydrogen-bond acceptors (Lipinski definition) is 2. The monoisotopic (exact) mass is 202 g/mol. The molecule has 0 aromatic heterocycles. The average molecular weight is 202 g/mol. The van der Waals surface area contributed by atoms with Gasteiger partial charge >= 0.3 is 29.6 Å². The molecule has 0 saturated heterocycles. The largest absolute Gasteiger partial charge is 1.00 e. The van der Waals surface area contributed by atoms with Crippen LogP contribution in [0, 0.1) is 0 Å². The van der Waals surface area contributed by atoms with E-state index in [0.29, 0.717) is 5.75 Å². The second kappa shape index (κ2) is 10.8. The van der Waals surface area contributed by atoms with Crippen molar-refractivity contribution in [2.24, 2.45) is 0 Å². The number of phenols is 1. The van der Waals surface area contributed by atoms with Gasteiger partial charge in [0.05, 0.1) is 0 Å². The van der Waals surface area contributed by atoms with Crippen LogP contribution in [-0.2, 0) is 6.42 Å². The van der Waals surface area contributed by atoms with E-state index in [9.17, 15) is 5.11 Å². The van der Waals surface area contributed by atoms with Gasteiger partial charge in [-0.2, -0.15) is 0 Å². The first-order valence-electron chi connectivity index (χ1n) is 4.22. The minimum absolute atomic E-state index is 0. The Hall–Kier alpha value is -0.280. The Bertz CT molecular complexity index is 249. The second-order valence-corrected chi connectivity index (χ2v) is 2.41. The van der Waals surface area contributed by atoms with Gasteiger partial charge in [-0.15, -0.1) is 13.2 Å². The van der Waals surface area contributed by atoms with Gasteiger partial charge in [-0.05, 0) is 18.1 Å². The van der Waals surface area contributed by atoms with E-state index in [1.165, 1.54) is 0 Å². The number of allylic oxidation sites excluding steroid dienone is 1. The Balaban J connectivity index is 0. The van der Waals surface area contributed by atoms with Crippen LogP contribution in [0.1, 0.15) is 12.5 Å². The van der Waals surface area contributed by atoms with Crippen LogP contribution in [0.3, 0.4) is 0 Å². The third kappa shape index (κ3) is 7.15. The summed E-state index contributed by atoms with van der Waals surface area (Å²) in [6.45, 7) is 5.16. The van der Waals surface area contributed by atoms with Gasteiger partial charge in [-0.3, -0.25) is 0 Å². The van der Waals surface area contributed by atoms with Gasteiger partial charge in [0.15, 0.2) is 0 Å². The molecule has 0 unspecified atom stereocenters. The quantitative estimate of drug-likeness (QED) is 0.468. The molecule has 0 aliphatic carbocycles. The van der Waals surface area contributed by atoms with E-state index in [4.69, 9.17) is 5.11 Å². The molecule has 1 N–H and O–H groups in total. The van der Waals surface area contributed by atoms with Crippen LogP contribution in [0.25, 0.3) is 0 Å². The van der Waals surface area contributed by atoms with Crippen LogP contribution in [0.5, 0.6) is 5.75 Å². The maximum absolute atomic E-state index is 9.19. The molecule has 0 radical (unpaired) electrons. The second-order valence-electron chi connectivity index (χ2n) is 2.41. The SMILES string of the molecule is C=CCc1ccccc1O.CC[O-].[Na+]. The molecule has 14 heavy (non-hydrogen) atoms. The van der Waals surface area contributed by atoms with Crippen molar-refractivity contribution < 1.29 is 39.8 Å². The number of benzene rings is 1. The van der Waals surface area contributed by atoms with Crippen LogP contribution in [-0.4, -0.2) is 11.7 Å². The minimum atomic E-state index is 0. The Morgan fingerprint density at radius 3 is 2.36 bits per heavy atom. The van der Waals surface area contributed by atoms with E-state index in [0.717, 1.165) is 12.0 Å². The molecule has 0 bridgehead atoms. The molecule has 0 saturated carbocycles. The molecule has 0 spiro atoms. The molecule has 0 heterocycles. The number of aromatic hydroxyl groups is 1. The molecule has 1 aromatic rings. The number of hydrogen-bond donors (Lipinski definition) is 1. The van der Waals surface area contributed by atoms with Gasteiger partial charge in [-0.1, -0.05) is 31.2 Å². The van der Waals surface area contributed by atoms with Crippen LogP contribution >= 0.6 is 0 Å². The summed E-state index contributed by atoms with van der Waals surface area (Å²) in [5, 5.41) is 18.1. The summed E-state index contributed by atoms with van der Waals surface area (Å²) in [5.74, 6) is 0.349. The van der Waals surface area contributed by atoms with E-state index in [-0.39, 0.29) is 36.2 Å². The molecular weight excluding hydrogens is 187 g/mol. The van der Waals surface area contributed by atoms with E-state index < -0.39 is 0 Å². The molecule has 3 heteroatoms. The fourth-order valence-electron chi connectivity index (χ4n) is 0.839. The zero-order valence-electron chi connectivity index (χ0n) is 8.86. The van der Waals surface area contributed by atoms with Crippen LogP contribution in [0.4, 0.5) is 0 Å². The van der Waals surface area contributed by atoms with Crippen molar-refractivity contribution in [2.75, 3.05) is 6.61 Å². The first-order valence-corrected chi connectivity index (χ1v) is 4.22. The fourth-order valence-corrected chi connectivity index (χ4v) is 0.839. The molecular formula is C11H15NaO2. The van der Waals surface area contributed by atoms with E-state index in [2.05, 4.69) is 6.58 Å². The molecule has 0 atom stereocenters. The van der Waals surface area contributed by atoms with Gasteiger partial charge in [-0.25, -0.2) is 0 Å². The molecule has 0 aliphatic heterocycles. The van der Waals surface area contributed by atoms with Crippen LogP contribution in [0.2, 0.25) is 0 Å². The van der Waals surface area contributed by atoms with Crippen LogP contribution in [0.15, 0.2) is 36.9 Å². The Morgan fingerprint density at radius 2 is 1.93 bits per heavy atom. The Morgan fingerprint density at radius 1 is 1.43 bits per heavy atom. The summed E-state index contributed by atoms with van der Waals surface area (Å²) in [5.41, 5.74) is 0.928. The maximum Gasteiger partial charge on any atom is 1.00 e. The predicted octanol–water partition coefficient (Wildman–Crippen LogP) is -1.51. The van der Waals surface area contributed by atoms with Gasteiger partial charge in [0.25, 0.3) is 0 Å². The molecule has 0 aliphatic rings. The van der Waals surface area contributed by atoms with Gasteiger partial charge in [0.1, 0.15) is 5.75 Å². The van der Waals surface area contributed by atoms with Gasteiger partial charge < -0.3 is 10.2 Å². The van der Waals surface area contributed by atoms with E-state index >= 15 is 0 Å². The topological polar surface area (TPSA) is 43.3 Å². The minimum Gasteiger partial charge on any atom is -0.855 e. The number of para-hydroxylation sites is 1. The first kappa shape index (κ1) is 16.2. The summed E-state index contributed by atoms with van der Waals surface area (Å²) in [7, 11) is 0. The van der Waals surface area contributed by atoms with Crippen molar-refractivity contribution in [3.63, 3.8) is 0 Å². The summed E-state index contributed by atoms with van der Waals surface area (Å²) in [4.78, 5) is 0. The Kier molecular flexibility index (Phi) is 12.5. The molecule has 1 aromatic carbocycles. The number of phenolic OH excluding ortho intramolecular Hbond substituents is 1. The van der Waals surface area contributed by atoms with Crippen molar-refractivity contribution in [1.82, 2.24) is 0 Å². The third-order valence-corrected chi connectivity index (χ3v) is 1.36. The van der Waals surface area contributed by atoms with Crippen molar-refractivity contribution in [3.8, 4) is 5.75 Å². The average Bonchev–Trinajstić information content (AvgIpc) is 2.11. The summed E-state index contributed by atoms with van der Waals surface area (Å²) in [6, 6.07) is 7.27. The summed E-state index contributed by atoms with van der Waals surface area (Å²) in [6.07, 6.45) is 2.50. The van der Waals surface area contributed by atoms with Gasteiger partial charge in [0, 0.05) is 0 Å². The van der Waals surface area contributed by atoms with Crippen molar-refractivity contribution in [3.05, 3.63) is 42.5 Å². The summed E-state index contributed by atoms with van der Waals surface area (Å²) < 4.78 is 0. The first-order chi connectivity index (χ1) is 6.26. The molecule has 72 valence electrons. The Labute approximate surface area is 108 Å². The number of rotatable bonds is 2. The standard InChI is InChI=1S/C9H10O.C2H5O.Na/c1-2-5-8-6-3-4-7-9(8)10;1-2-3;/h2-4,6-7,10H,1,5H2;2H2,1H3;/q;-1;+1. The fraction of sp³-hybridized carbons (Fsp3) is 0.273. The van der Waals surface area contributed by atoms with Crippen molar-refractivity contribution >= 4 is 0 Å². The van der Waals surface area contributed by atoms with Gasteiger partial charge in [0.2, 0.25) is 0 Å². The zero-order valence-corrected chi connectivity index (χ0v) is 10.9. The normalized spacial score (nSPS) is 7.86. The predicted molar refractivity (Wildman–Crippen MR) is 52.5 cm³/mol. The van der Waals surface area contributed by atoms with E-state index in [1.54, 1.807) is 19.1 Å². The molecule has 1 rings (SSSR count). The molecule has 0 amide bonds. The van der Waals surface area contributed by atoms with E-state index in [1.807, 2.05) is 18.2 Å². The third-order valence-electron chi connectivity index (χ3n) is 1.36. The van der Waals surface area contributed by atoms with Crippen molar-refractivity contribution in [1.29, 1.82) is 0 Å². The summed E-state index contributed by atoms with van der Waals surface area (Å²) >= 11 is 0. The molecule has 2 nitrogen and oxygen atoms in total. The zero-order chi connectivity index (χ0) is 10.1. The van der Waals surface area contributed by atoms with Crippen LogP contribution < -0.4 is 34.7 Å². The smallest absolute Gasteiger partial charge is 0.855 e. The molecule has 0 fully saturated rings. The maximum atomic E-state index is 9.19. The van der Waals surface area contributed by atoms with Crippen molar-refractivity contribution in [2.45, 2.75) is 13.3 Å².